The van der Waals surface area contributed by atoms with Crippen LogP contribution in [0.25, 0.3) is 0 Å². The molecular weight excluding hydrogens is 294 g/mol. The number of nitrogens with one attached hydrogen (secondary N) is 1. The van der Waals surface area contributed by atoms with E-state index in [9.17, 15) is 4.79 Å². The lowest BCUT2D eigenvalue weighted by atomic mass is 10.3. The van der Waals surface area contributed by atoms with E-state index in [0.29, 0.717) is 10.9 Å². The van der Waals surface area contributed by atoms with Crippen LogP contribution in [0.5, 0.6) is 0 Å². The number of carbonyl (C=O) groups is 1. The molecular formula is C12H13N5OS2. The summed E-state index contributed by atoms with van der Waals surface area (Å²) >= 11 is 3.07. The molecule has 3 rings (SSSR count). The van der Waals surface area contributed by atoms with Gasteiger partial charge < -0.3 is 10.6 Å². The summed E-state index contributed by atoms with van der Waals surface area (Å²) in [6.07, 6.45) is 0. The molecule has 0 atom stereocenters. The Bertz CT molecular complexity index is 630. The van der Waals surface area contributed by atoms with Crippen molar-refractivity contribution >= 4 is 41.1 Å². The Morgan fingerprint density at radius 2 is 2.35 bits per heavy atom. The number of nitrogens with two attached hydrogens (primary N) is 1. The molecule has 0 saturated carbocycles. The molecule has 3 N–H and O–H groups in total. The van der Waals surface area contributed by atoms with Gasteiger partial charge in [-0.1, -0.05) is 23.9 Å². The zero-order valence-electron chi connectivity index (χ0n) is 10.6. The van der Waals surface area contributed by atoms with Gasteiger partial charge in [-0.15, -0.1) is 16.9 Å². The minimum absolute atomic E-state index is 0.0612. The van der Waals surface area contributed by atoms with Crippen molar-refractivity contribution in [2.24, 2.45) is 0 Å². The highest BCUT2D eigenvalue weighted by atomic mass is 32.2. The second-order valence-corrected chi connectivity index (χ2v) is 6.23. The number of aromatic nitrogens is 3. The van der Waals surface area contributed by atoms with Crippen molar-refractivity contribution in [3.05, 3.63) is 24.3 Å². The molecule has 0 radical (unpaired) electrons. The van der Waals surface area contributed by atoms with E-state index in [4.69, 9.17) is 5.73 Å². The second kappa shape index (κ2) is 5.76. The Morgan fingerprint density at radius 3 is 3.15 bits per heavy atom. The Kier molecular flexibility index (Phi) is 3.83. The number of H-pyrrole nitrogens is 1. The molecule has 6 nitrogen and oxygen atoms in total. The maximum Gasteiger partial charge on any atom is 0.237 e. The summed E-state index contributed by atoms with van der Waals surface area (Å²) in [6.45, 7) is 0.733. The summed E-state index contributed by atoms with van der Waals surface area (Å²) in [6, 6.07) is 7.97. The van der Waals surface area contributed by atoms with Gasteiger partial charge in [0.1, 0.15) is 0 Å². The number of nitrogens with zero attached hydrogens (tertiary/aromatic N) is 3. The number of hydrogen-bond donors (Lipinski definition) is 2. The molecule has 0 spiro atoms. The van der Waals surface area contributed by atoms with Crippen LogP contribution in [0, 0.1) is 0 Å². The third kappa shape index (κ3) is 2.75. The molecule has 1 aliphatic rings. The molecule has 1 aromatic heterocycles. The maximum atomic E-state index is 12.3. The summed E-state index contributed by atoms with van der Waals surface area (Å²) in [7, 11) is 0. The summed E-state index contributed by atoms with van der Waals surface area (Å²) in [5.74, 6) is 1.54. The molecule has 2 aromatic rings. The lowest BCUT2D eigenvalue weighted by Crippen LogP contribution is -2.36. The molecule has 1 aromatic carbocycles. The largest absolute Gasteiger partial charge is 0.368 e. The van der Waals surface area contributed by atoms with Crippen LogP contribution in [-0.4, -0.2) is 39.1 Å². The van der Waals surface area contributed by atoms with Gasteiger partial charge in [-0.25, -0.2) is 5.10 Å². The predicted octanol–water partition coefficient (Wildman–Crippen LogP) is 1.62. The molecule has 0 aliphatic carbocycles. The van der Waals surface area contributed by atoms with Crippen molar-refractivity contribution in [2.45, 2.75) is 10.1 Å². The summed E-state index contributed by atoms with van der Waals surface area (Å²) in [5.41, 5.74) is 6.44. The number of hydrogen-bond acceptors (Lipinski definition) is 6. The first kappa shape index (κ1) is 13.3. The van der Waals surface area contributed by atoms with E-state index in [0.717, 1.165) is 22.9 Å². The van der Waals surface area contributed by atoms with Gasteiger partial charge in [0, 0.05) is 17.2 Å². The monoisotopic (exact) mass is 307 g/mol. The summed E-state index contributed by atoms with van der Waals surface area (Å²) < 4.78 is 0. The van der Waals surface area contributed by atoms with Crippen LogP contribution < -0.4 is 10.6 Å². The van der Waals surface area contributed by atoms with E-state index in [1.807, 2.05) is 29.2 Å². The predicted molar refractivity (Wildman–Crippen MR) is 81.0 cm³/mol. The van der Waals surface area contributed by atoms with Gasteiger partial charge in [0.15, 0.2) is 0 Å². The second-order valence-electron chi connectivity index (χ2n) is 4.15. The van der Waals surface area contributed by atoms with E-state index in [1.165, 1.54) is 11.8 Å². The Morgan fingerprint density at radius 1 is 1.50 bits per heavy atom. The Balaban J connectivity index is 1.69. The number of thioether (sulfide) groups is 2. The van der Waals surface area contributed by atoms with Gasteiger partial charge in [0.25, 0.3) is 0 Å². The number of anilines is 2. The molecule has 0 bridgehead atoms. The van der Waals surface area contributed by atoms with Crippen molar-refractivity contribution in [2.75, 3.05) is 28.7 Å². The fourth-order valence-corrected chi connectivity index (χ4v) is 3.63. The number of rotatable bonds is 3. The van der Waals surface area contributed by atoms with Crippen LogP contribution in [0.15, 0.2) is 34.3 Å². The van der Waals surface area contributed by atoms with Gasteiger partial charge in [0.05, 0.1) is 11.4 Å². The fraction of sp³-hybridized carbons (Fsp3) is 0.250. The van der Waals surface area contributed by atoms with Crippen molar-refractivity contribution < 1.29 is 4.79 Å². The average Bonchev–Trinajstić information content (AvgIpc) is 2.90. The van der Waals surface area contributed by atoms with Gasteiger partial charge in [-0.05, 0) is 12.1 Å². The van der Waals surface area contributed by atoms with Gasteiger partial charge in [-0.3, -0.25) is 4.79 Å². The summed E-state index contributed by atoms with van der Waals surface area (Å²) in [4.78, 5) is 19.3. The quantitative estimate of drug-likeness (QED) is 0.838. The molecule has 0 fully saturated rings. The Labute approximate surface area is 124 Å². The van der Waals surface area contributed by atoms with Crippen LogP contribution in [0.1, 0.15) is 0 Å². The first-order valence-corrected chi connectivity index (χ1v) is 8.04. The molecule has 104 valence electrons. The highest BCUT2D eigenvalue weighted by Crippen LogP contribution is 2.34. The number of aromatic amines is 1. The van der Waals surface area contributed by atoms with Crippen LogP contribution in [0.2, 0.25) is 0 Å². The van der Waals surface area contributed by atoms with E-state index < -0.39 is 0 Å². The molecule has 0 unspecified atom stereocenters. The molecule has 1 aliphatic heterocycles. The van der Waals surface area contributed by atoms with Gasteiger partial charge in [0.2, 0.25) is 17.0 Å². The smallest absolute Gasteiger partial charge is 0.237 e. The first-order chi connectivity index (χ1) is 9.74. The number of nitrogen functional groups attached to an aromatic ring is 1. The normalized spacial score (nSPS) is 14.1. The van der Waals surface area contributed by atoms with E-state index in [-0.39, 0.29) is 11.9 Å². The Hall–Kier alpha value is -1.67. The number of fused-ring (bicyclic) bond motifs is 1. The zero-order valence-corrected chi connectivity index (χ0v) is 12.2. The highest BCUT2D eigenvalue weighted by molar-refractivity contribution is 8.00. The van der Waals surface area contributed by atoms with Crippen molar-refractivity contribution in [1.82, 2.24) is 15.2 Å². The highest BCUT2D eigenvalue weighted by Gasteiger charge is 2.22. The standard InChI is InChI=1S/C12H13N5OS2/c13-11-14-12(16-15-11)20-7-10(18)17-5-6-19-9-4-2-1-3-8(9)17/h1-4H,5-7H2,(H3,13,14,15,16). The van der Waals surface area contributed by atoms with Crippen LogP contribution in [0.3, 0.4) is 0 Å². The number of carbonyl (C=O) groups excluding carboxylic acids is 1. The van der Waals surface area contributed by atoms with Gasteiger partial charge >= 0.3 is 0 Å². The third-order valence-electron chi connectivity index (χ3n) is 2.84. The molecule has 1 amide bonds. The lowest BCUT2D eigenvalue weighted by Gasteiger charge is -2.28. The fourth-order valence-electron chi connectivity index (χ4n) is 1.96. The molecule has 0 saturated heterocycles. The minimum Gasteiger partial charge on any atom is -0.368 e. The first-order valence-electron chi connectivity index (χ1n) is 6.07. The molecule has 8 heteroatoms. The van der Waals surface area contributed by atoms with Crippen molar-refractivity contribution in [1.29, 1.82) is 0 Å². The number of benzene rings is 1. The number of amides is 1. The van der Waals surface area contributed by atoms with Crippen LogP contribution in [-0.2, 0) is 4.79 Å². The van der Waals surface area contributed by atoms with Gasteiger partial charge in [-0.2, -0.15) is 4.98 Å². The lowest BCUT2D eigenvalue weighted by molar-refractivity contribution is -0.116. The van der Waals surface area contributed by atoms with Crippen molar-refractivity contribution in [3.8, 4) is 0 Å². The van der Waals surface area contributed by atoms with Crippen LogP contribution >= 0.6 is 23.5 Å². The number of para-hydroxylation sites is 1. The maximum absolute atomic E-state index is 12.3. The van der Waals surface area contributed by atoms with E-state index in [1.54, 1.807) is 11.8 Å². The van der Waals surface area contributed by atoms with Crippen molar-refractivity contribution in [3.63, 3.8) is 0 Å². The topological polar surface area (TPSA) is 87.9 Å². The molecule has 20 heavy (non-hydrogen) atoms. The molecule has 2 heterocycles. The van der Waals surface area contributed by atoms with E-state index in [2.05, 4.69) is 15.2 Å². The summed E-state index contributed by atoms with van der Waals surface area (Å²) in [5, 5.41) is 6.96. The SMILES string of the molecule is Nc1nc(SCC(=O)N2CCSc3ccccc32)n[nH]1. The van der Waals surface area contributed by atoms with E-state index >= 15 is 0 Å². The third-order valence-corrected chi connectivity index (χ3v) is 4.71. The van der Waals surface area contributed by atoms with Crippen LogP contribution in [0.4, 0.5) is 11.6 Å². The average molecular weight is 307 g/mol. The zero-order chi connectivity index (χ0) is 13.9. The minimum atomic E-state index is 0.0612.